The quantitative estimate of drug-likeness (QED) is 0.806. The van der Waals surface area contributed by atoms with Gasteiger partial charge in [0.15, 0.2) is 0 Å². The molecule has 0 saturated carbocycles. The first-order valence-electron chi connectivity index (χ1n) is 9.09. The van der Waals surface area contributed by atoms with E-state index in [1.54, 1.807) is 24.3 Å². The van der Waals surface area contributed by atoms with Crippen LogP contribution in [-0.2, 0) is 22.9 Å². The first kappa shape index (κ1) is 19.7. The number of carbonyl (C=O) groups is 1. The van der Waals surface area contributed by atoms with Crippen LogP contribution in [0.5, 0.6) is 0 Å². The van der Waals surface area contributed by atoms with Crippen molar-refractivity contribution in [3.63, 3.8) is 0 Å². The minimum atomic E-state index is -3.28. The number of carbonyl (C=O) groups excluding carboxylic acids is 1. The molecule has 1 N–H and O–H groups in total. The van der Waals surface area contributed by atoms with Crippen LogP contribution in [0.1, 0.15) is 41.8 Å². The molecule has 1 amide bonds. The van der Waals surface area contributed by atoms with Crippen molar-refractivity contribution in [3.8, 4) is 0 Å². The van der Waals surface area contributed by atoms with Gasteiger partial charge in [-0.05, 0) is 54.7 Å². The highest BCUT2D eigenvalue weighted by Gasteiger charge is 2.28. The molecule has 0 bridgehead atoms. The monoisotopic (exact) mass is 406 g/mol. The number of amides is 1. The lowest BCUT2D eigenvalue weighted by atomic mass is 10.0. The minimum Gasteiger partial charge on any atom is -0.321 e. The number of hydrogen-bond donors (Lipinski definition) is 1. The van der Waals surface area contributed by atoms with Crippen LogP contribution in [0.15, 0.2) is 36.4 Å². The summed E-state index contributed by atoms with van der Waals surface area (Å²) in [7, 11) is -3.28. The van der Waals surface area contributed by atoms with Crippen molar-refractivity contribution in [2.75, 3.05) is 21.9 Å². The average Bonchev–Trinajstić information content (AvgIpc) is 3.01. The molecule has 1 saturated heterocycles. The first-order chi connectivity index (χ1) is 12.9. The molecule has 1 fully saturated rings. The zero-order valence-electron chi connectivity index (χ0n) is 15.5. The third kappa shape index (κ3) is 3.96. The highest BCUT2D eigenvalue weighted by molar-refractivity contribution is 7.93. The van der Waals surface area contributed by atoms with Gasteiger partial charge < -0.3 is 5.32 Å². The Morgan fingerprint density at radius 1 is 1.19 bits per heavy atom. The smallest absolute Gasteiger partial charge is 0.255 e. The Kier molecular flexibility index (Phi) is 5.77. The van der Waals surface area contributed by atoms with Crippen molar-refractivity contribution < 1.29 is 13.2 Å². The van der Waals surface area contributed by atoms with Gasteiger partial charge in [0.2, 0.25) is 10.0 Å². The topological polar surface area (TPSA) is 66.5 Å². The van der Waals surface area contributed by atoms with Gasteiger partial charge in [-0.25, -0.2) is 8.42 Å². The Labute approximate surface area is 165 Å². The summed E-state index contributed by atoms with van der Waals surface area (Å²) in [6.07, 6.45) is 2.07. The molecule has 0 spiro atoms. The van der Waals surface area contributed by atoms with E-state index in [-0.39, 0.29) is 11.7 Å². The van der Waals surface area contributed by atoms with E-state index in [1.165, 1.54) is 4.31 Å². The number of hydrogen-bond acceptors (Lipinski definition) is 3. The van der Waals surface area contributed by atoms with E-state index in [4.69, 9.17) is 11.6 Å². The lowest BCUT2D eigenvalue weighted by Gasteiger charge is -2.19. The zero-order chi connectivity index (χ0) is 19.6. The van der Waals surface area contributed by atoms with Crippen LogP contribution < -0.4 is 9.62 Å². The molecule has 1 aliphatic rings. The number of sulfonamides is 1. The largest absolute Gasteiger partial charge is 0.321 e. The van der Waals surface area contributed by atoms with Crippen LogP contribution in [0.3, 0.4) is 0 Å². The molecule has 0 unspecified atom stereocenters. The zero-order valence-corrected chi connectivity index (χ0v) is 17.0. The minimum absolute atomic E-state index is 0.145. The van der Waals surface area contributed by atoms with Crippen molar-refractivity contribution in [3.05, 3.63) is 58.1 Å². The van der Waals surface area contributed by atoms with Crippen LogP contribution in [0.25, 0.3) is 0 Å². The normalized spacial score (nSPS) is 15.7. The molecule has 0 radical (unpaired) electrons. The first-order valence-corrected chi connectivity index (χ1v) is 11.1. The number of benzene rings is 2. The predicted octanol–water partition coefficient (Wildman–Crippen LogP) is 4.26. The maximum absolute atomic E-state index is 12.9. The fourth-order valence-electron chi connectivity index (χ4n) is 3.38. The fraction of sp³-hybridized carbons (Fsp3) is 0.350. The molecule has 0 atom stereocenters. The second-order valence-corrected chi connectivity index (χ2v) is 8.93. The summed E-state index contributed by atoms with van der Waals surface area (Å²) in [4.78, 5) is 12.9. The van der Waals surface area contributed by atoms with Crippen molar-refractivity contribution >= 4 is 38.9 Å². The predicted molar refractivity (Wildman–Crippen MR) is 110 cm³/mol. The average molecular weight is 407 g/mol. The SMILES string of the molecule is CCc1ccc(Cl)c(CC)c1NC(=O)c1cccc(N2CCCS2(=O)=O)c1. The van der Waals surface area contributed by atoms with E-state index in [0.717, 1.165) is 23.2 Å². The molecule has 27 heavy (non-hydrogen) atoms. The highest BCUT2D eigenvalue weighted by Crippen LogP contribution is 2.30. The molecule has 2 aromatic rings. The van der Waals surface area contributed by atoms with Gasteiger partial charge in [0.25, 0.3) is 5.91 Å². The number of halogens is 1. The van der Waals surface area contributed by atoms with Crippen LogP contribution in [0.2, 0.25) is 5.02 Å². The summed E-state index contributed by atoms with van der Waals surface area (Å²) in [5, 5.41) is 3.61. The molecule has 3 rings (SSSR count). The second-order valence-electron chi connectivity index (χ2n) is 6.51. The summed E-state index contributed by atoms with van der Waals surface area (Å²) >= 11 is 6.31. The second kappa shape index (κ2) is 7.90. The van der Waals surface area contributed by atoms with E-state index in [2.05, 4.69) is 5.32 Å². The Morgan fingerprint density at radius 2 is 1.96 bits per heavy atom. The molecular weight excluding hydrogens is 384 g/mol. The summed E-state index contributed by atoms with van der Waals surface area (Å²) in [5.41, 5.74) is 3.61. The Hall–Kier alpha value is -2.05. The summed E-state index contributed by atoms with van der Waals surface area (Å²) in [6, 6.07) is 10.5. The van der Waals surface area contributed by atoms with Gasteiger partial charge in [0.05, 0.1) is 11.4 Å². The molecule has 0 aliphatic carbocycles. The Bertz CT molecular complexity index is 973. The van der Waals surface area contributed by atoms with Gasteiger partial charge in [-0.3, -0.25) is 9.10 Å². The van der Waals surface area contributed by atoms with E-state index in [0.29, 0.717) is 35.7 Å². The van der Waals surface area contributed by atoms with Crippen molar-refractivity contribution in [1.29, 1.82) is 0 Å². The summed E-state index contributed by atoms with van der Waals surface area (Å²) in [6.45, 7) is 4.47. The van der Waals surface area contributed by atoms with Crippen molar-refractivity contribution in [2.24, 2.45) is 0 Å². The van der Waals surface area contributed by atoms with Crippen LogP contribution in [-0.4, -0.2) is 26.6 Å². The molecule has 2 aromatic carbocycles. The number of nitrogens with one attached hydrogen (secondary N) is 1. The van der Waals surface area contributed by atoms with E-state index in [9.17, 15) is 13.2 Å². The molecule has 7 heteroatoms. The summed E-state index contributed by atoms with van der Waals surface area (Å²) < 4.78 is 25.7. The maximum atomic E-state index is 12.9. The van der Waals surface area contributed by atoms with Crippen molar-refractivity contribution in [2.45, 2.75) is 33.1 Å². The molecule has 0 aromatic heterocycles. The lowest BCUT2D eigenvalue weighted by Crippen LogP contribution is -2.25. The van der Waals surface area contributed by atoms with Gasteiger partial charge >= 0.3 is 0 Å². The molecule has 144 valence electrons. The Morgan fingerprint density at radius 3 is 2.59 bits per heavy atom. The van der Waals surface area contributed by atoms with Crippen LogP contribution in [0, 0.1) is 0 Å². The Balaban J connectivity index is 1.92. The number of aryl methyl sites for hydroxylation is 1. The van der Waals surface area contributed by atoms with Crippen LogP contribution >= 0.6 is 11.6 Å². The standard InChI is InChI=1S/C20H23ClN2O3S/c1-3-14-9-10-18(21)17(4-2)19(14)22-20(24)15-7-5-8-16(13-15)23-11-6-12-27(23,25)26/h5,7-10,13H,3-4,6,11-12H2,1-2H3,(H,22,24). The van der Waals surface area contributed by atoms with Gasteiger partial charge in [-0.1, -0.05) is 37.6 Å². The van der Waals surface area contributed by atoms with Crippen molar-refractivity contribution in [1.82, 2.24) is 0 Å². The van der Waals surface area contributed by atoms with Gasteiger partial charge in [-0.2, -0.15) is 0 Å². The van der Waals surface area contributed by atoms with Crippen LogP contribution in [0.4, 0.5) is 11.4 Å². The summed E-state index contributed by atoms with van der Waals surface area (Å²) in [5.74, 6) is -0.133. The van der Waals surface area contributed by atoms with E-state index in [1.807, 2.05) is 26.0 Å². The number of nitrogens with zero attached hydrogens (tertiary/aromatic N) is 1. The third-order valence-electron chi connectivity index (χ3n) is 4.81. The van der Waals surface area contributed by atoms with E-state index >= 15 is 0 Å². The molecule has 1 heterocycles. The molecular formula is C20H23ClN2O3S. The molecule has 1 aliphatic heterocycles. The molecule has 5 nitrogen and oxygen atoms in total. The number of anilines is 2. The number of rotatable bonds is 5. The van der Waals surface area contributed by atoms with Gasteiger partial charge in [-0.15, -0.1) is 0 Å². The lowest BCUT2D eigenvalue weighted by molar-refractivity contribution is 0.102. The fourth-order valence-corrected chi connectivity index (χ4v) is 5.23. The van der Waals surface area contributed by atoms with Gasteiger partial charge in [0.1, 0.15) is 0 Å². The van der Waals surface area contributed by atoms with E-state index < -0.39 is 10.0 Å². The highest BCUT2D eigenvalue weighted by atomic mass is 35.5. The third-order valence-corrected chi connectivity index (χ3v) is 7.03. The van der Waals surface area contributed by atoms with Gasteiger partial charge in [0, 0.05) is 22.8 Å². The maximum Gasteiger partial charge on any atom is 0.255 e.